The number of carboxylic acids is 1. The first kappa shape index (κ1) is 23.8. The molecule has 0 aliphatic carbocycles. The highest BCUT2D eigenvalue weighted by Gasteiger charge is 2.39. The molecule has 8 nitrogen and oxygen atoms in total. The maximum Gasteiger partial charge on any atom is 0.327 e. The first-order valence-electron chi connectivity index (χ1n) is 10.1. The van der Waals surface area contributed by atoms with Crippen LogP contribution >= 0.6 is 0 Å². The van der Waals surface area contributed by atoms with Crippen molar-refractivity contribution in [1.29, 1.82) is 0 Å². The molecule has 1 fully saturated rings. The largest absolute Gasteiger partial charge is 0.480 e. The van der Waals surface area contributed by atoms with Crippen molar-refractivity contribution in [2.45, 2.75) is 45.4 Å². The molecule has 0 saturated carbocycles. The van der Waals surface area contributed by atoms with Gasteiger partial charge in [0, 0.05) is 26.2 Å². The van der Waals surface area contributed by atoms with Crippen LogP contribution in [0.5, 0.6) is 0 Å². The molecule has 0 spiro atoms. The number of rotatable bonds is 8. The van der Waals surface area contributed by atoms with E-state index >= 15 is 0 Å². The Labute approximate surface area is 176 Å². The molecule has 0 aromatic heterocycles. The zero-order chi connectivity index (χ0) is 22.4. The summed E-state index contributed by atoms with van der Waals surface area (Å²) in [4.78, 5) is 40.6. The molecule has 1 aromatic rings. The zero-order valence-electron chi connectivity index (χ0n) is 17.9. The number of halogens is 1. The third-order valence-electron chi connectivity index (χ3n) is 5.41. The third kappa shape index (κ3) is 5.99. The van der Waals surface area contributed by atoms with Crippen molar-refractivity contribution in [2.24, 2.45) is 5.92 Å². The number of carbonyl (C=O) groups excluding carboxylic acids is 2. The minimum absolute atomic E-state index is 0.157. The van der Waals surface area contributed by atoms with Gasteiger partial charge in [0.1, 0.15) is 17.9 Å². The molecule has 2 amide bonds. The lowest BCUT2D eigenvalue weighted by atomic mass is 10.00. The van der Waals surface area contributed by atoms with E-state index in [0.29, 0.717) is 13.1 Å². The minimum Gasteiger partial charge on any atom is -0.480 e. The van der Waals surface area contributed by atoms with Crippen LogP contribution in [-0.2, 0) is 20.9 Å². The molecule has 0 bridgehead atoms. The van der Waals surface area contributed by atoms with Crippen molar-refractivity contribution in [3.05, 3.63) is 35.6 Å². The number of benzene rings is 1. The molecule has 3 unspecified atom stereocenters. The van der Waals surface area contributed by atoms with E-state index in [1.165, 1.54) is 17.0 Å². The van der Waals surface area contributed by atoms with Crippen molar-refractivity contribution in [2.75, 3.05) is 26.7 Å². The van der Waals surface area contributed by atoms with Gasteiger partial charge >= 0.3 is 5.97 Å². The average Bonchev–Trinajstić information content (AvgIpc) is 2.72. The lowest BCUT2D eigenvalue weighted by Crippen LogP contribution is -2.63. The Morgan fingerprint density at radius 1 is 1.17 bits per heavy atom. The van der Waals surface area contributed by atoms with E-state index in [2.05, 4.69) is 10.6 Å². The van der Waals surface area contributed by atoms with Gasteiger partial charge in [-0.1, -0.05) is 26.0 Å². The highest BCUT2D eigenvalue weighted by Crippen LogP contribution is 2.17. The van der Waals surface area contributed by atoms with Crippen molar-refractivity contribution in [3.63, 3.8) is 0 Å². The number of hydrogen-bond donors (Lipinski definition) is 3. The second-order valence-corrected chi connectivity index (χ2v) is 7.99. The normalized spacial score (nSPS) is 19.4. The predicted octanol–water partition coefficient (Wildman–Crippen LogP) is 0.672. The Bertz CT molecular complexity index is 756. The zero-order valence-corrected chi connectivity index (χ0v) is 17.9. The molecular formula is C21H31FN4O4. The number of carbonyl (C=O) groups is 3. The van der Waals surface area contributed by atoms with Crippen LogP contribution in [0, 0.1) is 11.7 Å². The SMILES string of the molecule is CNC(C)C(=O)NC(C(=O)N1CCN(Cc2ccc(F)cc2)CC1C(=O)O)C(C)C. The fraction of sp³-hybridized carbons (Fsp3) is 0.571. The number of nitrogens with one attached hydrogen (secondary N) is 2. The van der Waals surface area contributed by atoms with E-state index in [1.54, 1.807) is 26.1 Å². The number of amides is 2. The standard InChI is InChI=1S/C21H31FN4O4/c1-13(2)18(24-19(27)14(3)23-4)20(28)26-10-9-25(12-17(26)21(29)30)11-15-5-7-16(22)8-6-15/h5-8,13-14,17-18,23H,9-12H2,1-4H3,(H,24,27)(H,29,30). The van der Waals surface area contributed by atoms with Crippen molar-refractivity contribution in [3.8, 4) is 0 Å². The van der Waals surface area contributed by atoms with Crippen LogP contribution in [0.3, 0.4) is 0 Å². The van der Waals surface area contributed by atoms with E-state index in [4.69, 9.17) is 0 Å². The second-order valence-electron chi connectivity index (χ2n) is 7.99. The Morgan fingerprint density at radius 2 is 1.80 bits per heavy atom. The molecule has 9 heteroatoms. The third-order valence-corrected chi connectivity index (χ3v) is 5.41. The summed E-state index contributed by atoms with van der Waals surface area (Å²) in [5.74, 6) is -2.32. The molecule has 1 aromatic carbocycles. The summed E-state index contributed by atoms with van der Waals surface area (Å²) < 4.78 is 13.1. The lowest BCUT2D eigenvalue weighted by Gasteiger charge is -2.41. The van der Waals surface area contributed by atoms with Gasteiger partial charge in [-0.25, -0.2) is 9.18 Å². The van der Waals surface area contributed by atoms with Crippen LogP contribution < -0.4 is 10.6 Å². The van der Waals surface area contributed by atoms with Crippen LogP contribution in [0.2, 0.25) is 0 Å². The summed E-state index contributed by atoms with van der Waals surface area (Å²) in [7, 11) is 1.65. The van der Waals surface area contributed by atoms with Crippen LogP contribution in [0.4, 0.5) is 4.39 Å². The number of nitrogens with zero attached hydrogens (tertiary/aromatic N) is 2. The average molecular weight is 423 g/mol. The molecule has 166 valence electrons. The van der Waals surface area contributed by atoms with Gasteiger partial charge in [-0.05, 0) is 37.6 Å². The number of carboxylic acid groups (broad SMARTS) is 1. The maximum atomic E-state index is 13.2. The van der Waals surface area contributed by atoms with Crippen LogP contribution in [0.15, 0.2) is 24.3 Å². The smallest absolute Gasteiger partial charge is 0.327 e. The Kier molecular flexibility index (Phi) is 8.31. The van der Waals surface area contributed by atoms with Crippen LogP contribution in [-0.4, -0.2) is 77.5 Å². The van der Waals surface area contributed by atoms with Crippen molar-refractivity contribution >= 4 is 17.8 Å². The van der Waals surface area contributed by atoms with Gasteiger partial charge in [0.15, 0.2) is 0 Å². The van der Waals surface area contributed by atoms with E-state index in [9.17, 15) is 23.9 Å². The number of aliphatic carboxylic acids is 1. The second kappa shape index (κ2) is 10.5. The van der Waals surface area contributed by atoms with Crippen LogP contribution in [0.1, 0.15) is 26.3 Å². The first-order chi connectivity index (χ1) is 14.1. The van der Waals surface area contributed by atoms with Gasteiger partial charge in [-0.3, -0.25) is 14.5 Å². The topological polar surface area (TPSA) is 102 Å². The van der Waals surface area contributed by atoms with Gasteiger partial charge < -0.3 is 20.6 Å². The fourth-order valence-electron chi connectivity index (χ4n) is 3.41. The molecule has 3 atom stereocenters. The van der Waals surface area contributed by atoms with Gasteiger partial charge in [-0.2, -0.15) is 0 Å². The highest BCUT2D eigenvalue weighted by atomic mass is 19.1. The van der Waals surface area contributed by atoms with E-state index in [-0.39, 0.29) is 30.7 Å². The highest BCUT2D eigenvalue weighted by molar-refractivity contribution is 5.92. The Hall–Kier alpha value is -2.52. The Balaban J connectivity index is 2.11. The molecular weight excluding hydrogens is 391 g/mol. The molecule has 30 heavy (non-hydrogen) atoms. The summed E-state index contributed by atoms with van der Waals surface area (Å²) in [6, 6.07) is 3.76. The number of piperazine rings is 1. The van der Waals surface area contributed by atoms with Crippen LogP contribution in [0.25, 0.3) is 0 Å². The molecule has 0 radical (unpaired) electrons. The van der Waals surface area contributed by atoms with E-state index in [1.807, 2.05) is 18.7 Å². The summed E-state index contributed by atoms with van der Waals surface area (Å²) in [5, 5.41) is 15.3. The van der Waals surface area contributed by atoms with Crippen molar-refractivity contribution < 1.29 is 23.9 Å². The fourth-order valence-corrected chi connectivity index (χ4v) is 3.41. The maximum absolute atomic E-state index is 13.2. The molecule has 1 heterocycles. The van der Waals surface area contributed by atoms with Crippen molar-refractivity contribution in [1.82, 2.24) is 20.4 Å². The molecule has 3 N–H and O–H groups in total. The molecule has 2 rings (SSSR count). The summed E-state index contributed by atoms with van der Waals surface area (Å²) in [6.45, 7) is 6.66. The summed E-state index contributed by atoms with van der Waals surface area (Å²) in [5.41, 5.74) is 0.869. The van der Waals surface area contributed by atoms with Gasteiger partial charge in [0.2, 0.25) is 11.8 Å². The molecule has 1 aliphatic heterocycles. The van der Waals surface area contributed by atoms with Gasteiger partial charge in [0.25, 0.3) is 0 Å². The van der Waals surface area contributed by atoms with E-state index in [0.717, 1.165) is 5.56 Å². The monoisotopic (exact) mass is 422 g/mol. The van der Waals surface area contributed by atoms with Gasteiger partial charge in [0.05, 0.1) is 6.04 Å². The predicted molar refractivity (Wildman–Crippen MR) is 110 cm³/mol. The van der Waals surface area contributed by atoms with E-state index < -0.39 is 30.0 Å². The summed E-state index contributed by atoms with van der Waals surface area (Å²) in [6.07, 6.45) is 0. The lowest BCUT2D eigenvalue weighted by molar-refractivity contribution is -0.155. The number of likely N-dealkylation sites (N-methyl/N-ethyl adjacent to an activating group) is 1. The summed E-state index contributed by atoms with van der Waals surface area (Å²) >= 11 is 0. The first-order valence-corrected chi connectivity index (χ1v) is 10.1. The molecule has 1 saturated heterocycles. The van der Waals surface area contributed by atoms with Gasteiger partial charge in [-0.15, -0.1) is 0 Å². The molecule has 1 aliphatic rings. The Morgan fingerprint density at radius 3 is 2.33 bits per heavy atom. The number of hydrogen-bond acceptors (Lipinski definition) is 5. The minimum atomic E-state index is -1.09. The quantitative estimate of drug-likeness (QED) is 0.569.